The second-order valence-electron chi connectivity index (χ2n) is 13.0. The number of hydrogen-bond donors (Lipinski definition) is 0. The molecular weight excluding hydrogens is 657 g/mol. The van der Waals surface area contributed by atoms with Gasteiger partial charge in [0.15, 0.2) is 17.5 Å². The van der Waals surface area contributed by atoms with Crippen LogP contribution in [-0.2, 0) is 0 Å². The maximum Gasteiger partial charge on any atom is 0.164 e. The number of rotatable bonds is 8. The predicted octanol–water partition coefficient (Wildman–Crippen LogP) is 12.6. The first-order valence-corrected chi connectivity index (χ1v) is 18.1. The van der Waals surface area contributed by atoms with Crippen LogP contribution in [0.3, 0.4) is 0 Å². The van der Waals surface area contributed by atoms with Crippen LogP contribution in [0.4, 0.5) is 0 Å². The lowest BCUT2D eigenvalue weighted by molar-refractivity contribution is 1.07. The number of aromatic nitrogens is 4. The Morgan fingerprint density at radius 1 is 0.204 bits per heavy atom. The Morgan fingerprint density at radius 2 is 0.500 bits per heavy atom. The molecule has 2 heterocycles. The Bertz CT molecular complexity index is 2510. The van der Waals surface area contributed by atoms with Gasteiger partial charge < -0.3 is 0 Å². The fourth-order valence-corrected chi connectivity index (χ4v) is 7.01. The van der Waals surface area contributed by atoms with Crippen molar-refractivity contribution in [1.29, 1.82) is 0 Å². The number of nitrogens with zero attached hydrogens (tertiary/aromatic N) is 4. The fourth-order valence-electron chi connectivity index (χ4n) is 7.01. The van der Waals surface area contributed by atoms with Crippen molar-refractivity contribution in [2.24, 2.45) is 0 Å². The standard InChI is InChI=1S/C50H34N4/c1-7-20-35(21-8-1)44-43(45(36-22-9-2-10-23-36)47(38-26-13-4-14-27-38)51-46(44)37-24-11-3-12-25-37)41-32-19-33-42(34-41)50-53-48(39-28-15-5-16-29-39)52-49(54-50)40-30-17-6-18-31-40/h1-34H. The highest BCUT2D eigenvalue weighted by atomic mass is 15.0. The van der Waals surface area contributed by atoms with Gasteiger partial charge >= 0.3 is 0 Å². The number of hydrogen-bond acceptors (Lipinski definition) is 4. The summed E-state index contributed by atoms with van der Waals surface area (Å²) >= 11 is 0. The van der Waals surface area contributed by atoms with E-state index in [0.29, 0.717) is 17.5 Å². The first-order valence-electron chi connectivity index (χ1n) is 18.1. The minimum Gasteiger partial charge on any atom is -0.246 e. The molecule has 0 aliphatic rings. The van der Waals surface area contributed by atoms with Gasteiger partial charge in [-0.05, 0) is 22.8 Å². The van der Waals surface area contributed by atoms with Crippen LogP contribution in [-0.4, -0.2) is 19.9 Å². The SMILES string of the molecule is c1ccc(-c2nc(-c3ccccc3)nc(-c3cccc(-c4c(-c5ccccc5)c(-c5ccccc5)nc(-c5ccccc5)c4-c4ccccc4)c3)n2)cc1. The average Bonchev–Trinajstić information content (AvgIpc) is 3.27. The third-order valence-electron chi connectivity index (χ3n) is 9.53. The van der Waals surface area contributed by atoms with Gasteiger partial charge in [-0.1, -0.05) is 200 Å². The van der Waals surface area contributed by atoms with Crippen LogP contribution in [0.25, 0.3) is 90.1 Å². The van der Waals surface area contributed by atoms with Crippen molar-refractivity contribution in [2.75, 3.05) is 0 Å². The highest BCUT2D eigenvalue weighted by Crippen LogP contribution is 2.49. The summed E-state index contributed by atoms with van der Waals surface area (Å²) in [6, 6.07) is 71.0. The van der Waals surface area contributed by atoms with E-state index >= 15 is 0 Å². The largest absolute Gasteiger partial charge is 0.246 e. The second kappa shape index (κ2) is 14.7. The molecule has 9 aromatic rings. The second-order valence-corrected chi connectivity index (χ2v) is 13.0. The average molecular weight is 691 g/mol. The van der Waals surface area contributed by atoms with Crippen molar-refractivity contribution in [1.82, 2.24) is 19.9 Å². The van der Waals surface area contributed by atoms with Crippen LogP contribution in [0.1, 0.15) is 0 Å². The molecule has 0 unspecified atom stereocenters. The monoisotopic (exact) mass is 690 g/mol. The van der Waals surface area contributed by atoms with E-state index in [1.807, 2.05) is 60.7 Å². The highest BCUT2D eigenvalue weighted by molar-refractivity contribution is 6.05. The van der Waals surface area contributed by atoms with Crippen LogP contribution in [0.15, 0.2) is 206 Å². The molecule has 9 rings (SSSR count). The molecule has 0 amide bonds. The maximum absolute atomic E-state index is 5.59. The smallest absolute Gasteiger partial charge is 0.164 e. The molecule has 0 spiro atoms. The van der Waals surface area contributed by atoms with Gasteiger partial charge in [0.05, 0.1) is 11.4 Å². The molecule has 0 radical (unpaired) electrons. The highest BCUT2D eigenvalue weighted by Gasteiger charge is 2.25. The Balaban J connectivity index is 1.37. The zero-order valence-electron chi connectivity index (χ0n) is 29.4. The van der Waals surface area contributed by atoms with E-state index in [2.05, 4.69) is 146 Å². The summed E-state index contributed by atoms with van der Waals surface area (Å²) in [5, 5.41) is 0. The van der Waals surface area contributed by atoms with Crippen LogP contribution in [0.2, 0.25) is 0 Å². The Hall–Kier alpha value is -7.30. The van der Waals surface area contributed by atoms with E-state index < -0.39 is 0 Å². The maximum atomic E-state index is 5.59. The molecule has 254 valence electrons. The third kappa shape index (κ3) is 6.49. The Labute approximate surface area is 315 Å². The lowest BCUT2D eigenvalue weighted by Crippen LogP contribution is -2.02. The zero-order chi connectivity index (χ0) is 36.1. The number of pyridine rings is 1. The van der Waals surface area contributed by atoms with Gasteiger partial charge in [-0.25, -0.2) is 19.9 Å². The van der Waals surface area contributed by atoms with Crippen molar-refractivity contribution in [3.63, 3.8) is 0 Å². The number of benzene rings is 7. The Morgan fingerprint density at radius 3 is 0.889 bits per heavy atom. The molecule has 2 aromatic heterocycles. The molecule has 0 saturated heterocycles. The van der Waals surface area contributed by atoms with Crippen molar-refractivity contribution in [2.45, 2.75) is 0 Å². The van der Waals surface area contributed by atoms with Crippen molar-refractivity contribution in [3.05, 3.63) is 206 Å². The molecule has 0 aliphatic carbocycles. The van der Waals surface area contributed by atoms with Crippen LogP contribution >= 0.6 is 0 Å². The van der Waals surface area contributed by atoms with Gasteiger partial charge in [-0.2, -0.15) is 0 Å². The van der Waals surface area contributed by atoms with E-state index in [1.54, 1.807) is 0 Å². The molecule has 0 fully saturated rings. The first-order chi connectivity index (χ1) is 26.8. The lowest BCUT2D eigenvalue weighted by atomic mass is 9.83. The van der Waals surface area contributed by atoms with Crippen LogP contribution in [0.5, 0.6) is 0 Å². The summed E-state index contributed by atoms with van der Waals surface area (Å²) in [5.74, 6) is 1.86. The van der Waals surface area contributed by atoms with Gasteiger partial charge in [0.2, 0.25) is 0 Å². The van der Waals surface area contributed by atoms with E-state index in [9.17, 15) is 0 Å². The van der Waals surface area contributed by atoms with Crippen molar-refractivity contribution in [3.8, 4) is 90.1 Å². The molecule has 0 aliphatic heterocycles. The summed E-state index contributed by atoms with van der Waals surface area (Å²) in [6.07, 6.45) is 0. The minimum atomic E-state index is 0.604. The van der Waals surface area contributed by atoms with Crippen molar-refractivity contribution < 1.29 is 0 Å². The van der Waals surface area contributed by atoms with E-state index in [1.165, 1.54) is 0 Å². The molecule has 0 N–H and O–H groups in total. The van der Waals surface area contributed by atoms with Crippen molar-refractivity contribution >= 4 is 0 Å². The lowest BCUT2D eigenvalue weighted by Gasteiger charge is -2.23. The Kier molecular flexibility index (Phi) is 8.90. The molecule has 7 aromatic carbocycles. The van der Waals surface area contributed by atoms with Crippen LogP contribution < -0.4 is 0 Å². The molecule has 4 nitrogen and oxygen atoms in total. The quantitative estimate of drug-likeness (QED) is 0.159. The third-order valence-corrected chi connectivity index (χ3v) is 9.53. The predicted molar refractivity (Wildman–Crippen MR) is 221 cm³/mol. The summed E-state index contributed by atoms with van der Waals surface area (Å²) < 4.78 is 0. The summed E-state index contributed by atoms with van der Waals surface area (Å²) in [6.45, 7) is 0. The zero-order valence-corrected chi connectivity index (χ0v) is 29.4. The van der Waals surface area contributed by atoms with Gasteiger partial charge in [0.25, 0.3) is 0 Å². The van der Waals surface area contributed by atoms with E-state index in [0.717, 1.165) is 72.6 Å². The van der Waals surface area contributed by atoms with Crippen LogP contribution in [0, 0.1) is 0 Å². The topological polar surface area (TPSA) is 51.6 Å². The van der Waals surface area contributed by atoms with E-state index in [-0.39, 0.29) is 0 Å². The fraction of sp³-hybridized carbons (Fsp3) is 0. The van der Waals surface area contributed by atoms with Gasteiger partial charge in [0.1, 0.15) is 0 Å². The van der Waals surface area contributed by atoms with Gasteiger partial charge in [-0.3, -0.25) is 0 Å². The summed E-state index contributed by atoms with van der Waals surface area (Å²) in [5.41, 5.74) is 13.1. The molecule has 0 bridgehead atoms. The van der Waals surface area contributed by atoms with Gasteiger partial charge in [-0.15, -0.1) is 0 Å². The molecular formula is C50H34N4. The van der Waals surface area contributed by atoms with Gasteiger partial charge in [0, 0.05) is 44.5 Å². The normalized spacial score (nSPS) is 11.0. The first kappa shape index (κ1) is 32.6. The molecule has 54 heavy (non-hydrogen) atoms. The molecule has 0 atom stereocenters. The minimum absolute atomic E-state index is 0.604. The summed E-state index contributed by atoms with van der Waals surface area (Å²) in [4.78, 5) is 20.7. The molecule has 4 heteroatoms. The van der Waals surface area contributed by atoms with E-state index in [4.69, 9.17) is 19.9 Å². The molecule has 0 saturated carbocycles. The summed E-state index contributed by atoms with van der Waals surface area (Å²) in [7, 11) is 0.